The first-order valence-electron chi connectivity index (χ1n) is 6.88. The molecule has 0 aliphatic heterocycles. The molecule has 0 radical (unpaired) electrons. The Morgan fingerprint density at radius 2 is 1.90 bits per heavy atom. The lowest BCUT2D eigenvalue weighted by molar-refractivity contribution is -0.137. The zero-order valence-electron chi connectivity index (χ0n) is 12.6. The number of likely N-dealkylation sites (N-methyl/N-ethyl adjacent to an activating group) is 1. The number of amides is 1. The quantitative estimate of drug-likeness (QED) is 0.838. The fourth-order valence-corrected chi connectivity index (χ4v) is 2.03. The van der Waals surface area contributed by atoms with E-state index in [0.29, 0.717) is 6.42 Å². The summed E-state index contributed by atoms with van der Waals surface area (Å²) in [7, 11) is 1.73. The first-order valence-corrected chi connectivity index (χ1v) is 6.88. The summed E-state index contributed by atoms with van der Waals surface area (Å²) in [5.74, 6) is 5.58. The van der Waals surface area contributed by atoms with Gasteiger partial charge in [0.15, 0.2) is 0 Å². The van der Waals surface area contributed by atoms with Crippen LogP contribution in [0.3, 0.4) is 0 Å². The van der Waals surface area contributed by atoms with E-state index in [0.717, 1.165) is 5.56 Å². The van der Waals surface area contributed by atoms with Crippen molar-refractivity contribution in [3.05, 3.63) is 35.9 Å². The molecule has 1 aromatic carbocycles. The number of benzene rings is 1. The van der Waals surface area contributed by atoms with E-state index in [-0.39, 0.29) is 17.9 Å². The minimum absolute atomic E-state index is 0.00947. The summed E-state index contributed by atoms with van der Waals surface area (Å²) >= 11 is 0. The number of aliphatic hydroxyl groups excluding tert-OH is 1. The molecule has 1 amide bonds. The average molecular weight is 273 g/mol. The fraction of sp³-hybridized carbons (Fsp3) is 0.471. The van der Waals surface area contributed by atoms with Crippen molar-refractivity contribution in [1.29, 1.82) is 0 Å². The number of carbonyl (C=O) groups excluding carboxylic acids is 1. The van der Waals surface area contributed by atoms with Gasteiger partial charge in [-0.05, 0) is 19.4 Å². The lowest BCUT2D eigenvalue weighted by atomic mass is 10.0. The van der Waals surface area contributed by atoms with Crippen LogP contribution in [-0.2, 0) is 4.79 Å². The Labute approximate surface area is 121 Å². The van der Waals surface area contributed by atoms with Gasteiger partial charge in [-0.2, -0.15) is 0 Å². The fourth-order valence-electron chi connectivity index (χ4n) is 2.03. The van der Waals surface area contributed by atoms with Crippen LogP contribution in [0.15, 0.2) is 30.3 Å². The molecule has 1 aromatic rings. The zero-order chi connectivity index (χ0) is 15.1. The Morgan fingerprint density at radius 1 is 1.30 bits per heavy atom. The first kappa shape index (κ1) is 16.3. The van der Waals surface area contributed by atoms with Gasteiger partial charge < -0.3 is 10.0 Å². The molecule has 0 aliphatic carbocycles. The lowest BCUT2D eigenvalue weighted by Gasteiger charge is -2.31. The van der Waals surface area contributed by atoms with Crippen molar-refractivity contribution in [1.82, 2.24) is 4.90 Å². The molecule has 0 fully saturated rings. The highest BCUT2D eigenvalue weighted by Gasteiger charge is 2.26. The third-order valence-corrected chi connectivity index (χ3v) is 3.56. The predicted octanol–water partition coefficient (Wildman–Crippen LogP) is 2.62. The van der Waals surface area contributed by atoms with Crippen molar-refractivity contribution in [2.75, 3.05) is 7.05 Å². The summed E-state index contributed by atoms with van der Waals surface area (Å²) < 4.78 is 0. The van der Waals surface area contributed by atoms with Crippen LogP contribution in [-0.4, -0.2) is 29.0 Å². The second-order valence-electron chi connectivity index (χ2n) is 5.08. The number of hydrogen-bond donors (Lipinski definition) is 1. The van der Waals surface area contributed by atoms with Gasteiger partial charge in [0.1, 0.15) is 0 Å². The maximum atomic E-state index is 12.3. The molecule has 0 saturated heterocycles. The second-order valence-corrected chi connectivity index (χ2v) is 5.08. The molecule has 0 spiro atoms. The van der Waals surface area contributed by atoms with Gasteiger partial charge in [0.05, 0.1) is 12.1 Å². The highest BCUT2D eigenvalue weighted by molar-refractivity contribution is 5.78. The molecule has 3 heteroatoms. The molecule has 1 rings (SSSR count). The van der Waals surface area contributed by atoms with Crippen molar-refractivity contribution < 1.29 is 9.90 Å². The van der Waals surface area contributed by atoms with Crippen LogP contribution < -0.4 is 0 Å². The topological polar surface area (TPSA) is 40.5 Å². The van der Waals surface area contributed by atoms with Gasteiger partial charge in [-0.15, -0.1) is 11.8 Å². The number of rotatable bonds is 5. The molecular formula is C17H23NO2. The Kier molecular flexibility index (Phi) is 6.27. The van der Waals surface area contributed by atoms with Crippen LogP contribution in [0.25, 0.3) is 0 Å². The summed E-state index contributed by atoms with van der Waals surface area (Å²) in [5, 5.41) is 10.3. The Balaban J connectivity index is 2.72. The van der Waals surface area contributed by atoms with E-state index in [1.807, 2.05) is 44.2 Å². The molecule has 3 nitrogen and oxygen atoms in total. The molecule has 0 bridgehead atoms. The van der Waals surface area contributed by atoms with Crippen LogP contribution in [0, 0.1) is 17.8 Å². The van der Waals surface area contributed by atoms with Gasteiger partial charge in [0, 0.05) is 19.4 Å². The zero-order valence-corrected chi connectivity index (χ0v) is 12.6. The van der Waals surface area contributed by atoms with Crippen molar-refractivity contribution in [2.45, 2.75) is 39.3 Å². The van der Waals surface area contributed by atoms with Gasteiger partial charge in [-0.25, -0.2) is 0 Å². The third kappa shape index (κ3) is 4.11. The van der Waals surface area contributed by atoms with Gasteiger partial charge in [0.2, 0.25) is 5.91 Å². The Bertz CT molecular complexity index is 487. The van der Waals surface area contributed by atoms with Crippen LogP contribution in [0.1, 0.15) is 38.9 Å². The summed E-state index contributed by atoms with van der Waals surface area (Å²) in [6.45, 7) is 5.49. The van der Waals surface area contributed by atoms with E-state index in [4.69, 9.17) is 0 Å². The van der Waals surface area contributed by atoms with Crippen LogP contribution >= 0.6 is 0 Å². The number of nitrogens with zero attached hydrogens (tertiary/aromatic N) is 1. The van der Waals surface area contributed by atoms with Crippen LogP contribution in [0.5, 0.6) is 0 Å². The Morgan fingerprint density at radius 3 is 2.45 bits per heavy atom. The lowest BCUT2D eigenvalue weighted by Crippen LogP contribution is -2.41. The van der Waals surface area contributed by atoms with Gasteiger partial charge >= 0.3 is 0 Å². The van der Waals surface area contributed by atoms with Crippen LogP contribution in [0.2, 0.25) is 0 Å². The predicted molar refractivity (Wildman–Crippen MR) is 80.9 cm³/mol. The highest BCUT2D eigenvalue weighted by atomic mass is 16.3. The summed E-state index contributed by atoms with van der Waals surface area (Å²) in [6, 6.07) is 9.12. The molecule has 0 saturated carbocycles. The second kappa shape index (κ2) is 7.72. The highest BCUT2D eigenvalue weighted by Crippen LogP contribution is 2.21. The van der Waals surface area contributed by atoms with Crippen molar-refractivity contribution >= 4 is 5.91 Å². The first-order chi connectivity index (χ1) is 9.49. The normalized spacial score (nSPS) is 14.7. The summed E-state index contributed by atoms with van der Waals surface area (Å²) in [6.07, 6.45) is -0.136. The van der Waals surface area contributed by atoms with Gasteiger partial charge in [0.25, 0.3) is 0 Å². The minimum Gasteiger partial charge on any atom is -0.386 e. The van der Waals surface area contributed by atoms with E-state index in [1.54, 1.807) is 18.9 Å². The monoisotopic (exact) mass is 273 g/mol. The molecule has 3 atom stereocenters. The summed E-state index contributed by atoms with van der Waals surface area (Å²) in [4.78, 5) is 13.9. The van der Waals surface area contributed by atoms with E-state index in [1.165, 1.54) is 0 Å². The molecule has 108 valence electrons. The molecule has 3 unspecified atom stereocenters. The number of hydrogen-bond acceptors (Lipinski definition) is 2. The number of aliphatic hydroxyl groups is 1. The maximum absolute atomic E-state index is 12.3. The van der Waals surface area contributed by atoms with E-state index in [2.05, 4.69) is 11.8 Å². The SMILES string of the molecule is CC#CCC(C)C(=O)N(C)C(C)C(O)c1ccccc1. The molecule has 1 N–H and O–H groups in total. The Hall–Kier alpha value is -1.79. The van der Waals surface area contributed by atoms with Crippen molar-refractivity contribution in [3.63, 3.8) is 0 Å². The molecular weight excluding hydrogens is 250 g/mol. The molecule has 0 aliphatic rings. The standard InChI is InChI=1S/C17H23NO2/c1-5-6-10-13(2)17(20)18(4)14(3)16(19)15-11-8-7-9-12-15/h7-9,11-14,16,19H,10H2,1-4H3. The average Bonchev–Trinajstić information content (AvgIpc) is 2.50. The van der Waals surface area contributed by atoms with Crippen molar-refractivity contribution in [3.8, 4) is 11.8 Å². The largest absolute Gasteiger partial charge is 0.386 e. The van der Waals surface area contributed by atoms with E-state index >= 15 is 0 Å². The van der Waals surface area contributed by atoms with Gasteiger partial charge in [-0.1, -0.05) is 37.3 Å². The summed E-state index contributed by atoms with van der Waals surface area (Å²) in [5.41, 5.74) is 0.820. The molecule has 0 aromatic heterocycles. The molecule has 20 heavy (non-hydrogen) atoms. The third-order valence-electron chi connectivity index (χ3n) is 3.56. The van der Waals surface area contributed by atoms with E-state index in [9.17, 15) is 9.90 Å². The van der Waals surface area contributed by atoms with E-state index < -0.39 is 6.10 Å². The van der Waals surface area contributed by atoms with Crippen molar-refractivity contribution in [2.24, 2.45) is 5.92 Å². The minimum atomic E-state index is -0.686. The maximum Gasteiger partial charge on any atom is 0.226 e. The number of carbonyl (C=O) groups is 1. The smallest absolute Gasteiger partial charge is 0.226 e. The van der Waals surface area contributed by atoms with Gasteiger partial charge in [-0.3, -0.25) is 4.79 Å². The molecule has 0 heterocycles. The van der Waals surface area contributed by atoms with Crippen LogP contribution in [0.4, 0.5) is 0 Å².